The van der Waals surface area contributed by atoms with Crippen molar-refractivity contribution in [3.05, 3.63) is 31.8 Å². The van der Waals surface area contributed by atoms with Gasteiger partial charge in [-0.15, -0.1) is 0 Å². The lowest BCUT2D eigenvalue weighted by Gasteiger charge is -2.06. The molecule has 0 heterocycles. The van der Waals surface area contributed by atoms with Crippen LogP contribution in [-0.2, 0) is 16.1 Å². The molecule has 0 aliphatic heterocycles. The molecule has 0 unspecified atom stereocenters. The molecule has 1 aromatic rings. The van der Waals surface area contributed by atoms with Gasteiger partial charge in [0.1, 0.15) is 6.61 Å². The van der Waals surface area contributed by atoms with E-state index in [0.717, 1.165) is 13.6 Å². The largest absolute Gasteiger partial charge is 0.461 e. The van der Waals surface area contributed by atoms with Crippen molar-refractivity contribution in [2.75, 3.05) is 0 Å². The van der Waals surface area contributed by atoms with Crippen LogP contribution in [0.15, 0.2) is 22.7 Å². The lowest BCUT2D eigenvalue weighted by atomic mass is 10.2. The average molecular weight is 355 g/mol. The summed E-state index contributed by atoms with van der Waals surface area (Å²) in [6.07, 6.45) is 0. The van der Waals surface area contributed by atoms with E-state index in [0.29, 0.717) is 6.61 Å². The summed E-state index contributed by atoms with van der Waals surface area (Å²) < 4.78 is 6.98. The zero-order valence-electron chi connectivity index (χ0n) is 7.01. The maximum absolute atomic E-state index is 10.6. The molecule has 0 aliphatic rings. The number of benzene rings is 1. The molecule has 0 aromatic heterocycles. The van der Waals surface area contributed by atoms with Gasteiger partial charge >= 0.3 is 5.97 Å². The number of rotatable bonds is 2. The van der Waals surface area contributed by atoms with Gasteiger partial charge in [-0.25, -0.2) is 0 Å². The minimum absolute atomic E-state index is 0.258. The highest BCUT2D eigenvalue weighted by Gasteiger charge is 2.05. The van der Waals surface area contributed by atoms with E-state index in [4.69, 9.17) is 4.74 Å². The van der Waals surface area contributed by atoms with Gasteiger partial charge in [-0.2, -0.15) is 0 Å². The van der Waals surface area contributed by atoms with Crippen molar-refractivity contribution >= 4 is 44.5 Å². The second-order valence-corrected chi connectivity index (χ2v) is 4.50. The van der Waals surface area contributed by atoms with E-state index >= 15 is 0 Å². The molecule has 0 saturated carbocycles. The van der Waals surface area contributed by atoms with Crippen molar-refractivity contribution in [1.82, 2.24) is 0 Å². The first-order valence-corrected chi connectivity index (χ1v) is 5.54. The Morgan fingerprint density at radius 3 is 2.85 bits per heavy atom. The van der Waals surface area contributed by atoms with Crippen LogP contribution in [0.25, 0.3) is 0 Å². The first-order valence-electron chi connectivity index (χ1n) is 3.67. The van der Waals surface area contributed by atoms with Gasteiger partial charge < -0.3 is 4.74 Å². The Hall–Kier alpha value is -0.100. The summed E-state index contributed by atoms with van der Waals surface area (Å²) in [5.74, 6) is -0.258. The number of carbonyl (C=O) groups is 1. The van der Waals surface area contributed by atoms with E-state index in [2.05, 4.69) is 38.5 Å². The van der Waals surface area contributed by atoms with Gasteiger partial charge in [-0.3, -0.25) is 4.79 Å². The normalized spacial score (nSPS) is 9.77. The Bertz CT molecular complexity index is 305. The third-order valence-electron chi connectivity index (χ3n) is 1.48. The third kappa shape index (κ3) is 3.27. The number of carbonyl (C=O) groups excluding carboxylic acids is 1. The van der Waals surface area contributed by atoms with Crippen LogP contribution in [0.4, 0.5) is 0 Å². The lowest BCUT2D eigenvalue weighted by molar-refractivity contribution is -0.142. The van der Waals surface area contributed by atoms with Crippen LogP contribution in [0.5, 0.6) is 0 Å². The molecule has 0 amide bonds. The highest BCUT2D eigenvalue weighted by Crippen LogP contribution is 2.22. The van der Waals surface area contributed by atoms with E-state index in [1.54, 1.807) is 0 Å². The number of hydrogen-bond acceptors (Lipinski definition) is 2. The standard InChI is InChI=1S/C9H8BrIO2/c1-6(12)13-5-7-8(10)3-2-4-9(7)11/h2-4H,5H2,1H3. The molecule has 2 nitrogen and oxygen atoms in total. The fourth-order valence-electron chi connectivity index (χ4n) is 0.844. The molecule has 4 heteroatoms. The Kier molecular flexibility index (Phi) is 4.18. The Labute approximate surface area is 98.9 Å². The van der Waals surface area contributed by atoms with Crippen LogP contribution in [-0.4, -0.2) is 5.97 Å². The maximum atomic E-state index is 10.6. The Morgan fingerprint density at radius 1 is 1.62 bits per heavy atom. The number of hydrogen-bond donors (Lipinski definition) is 0. The fraction of sp³-hybridized carbons (Fsp3) is 0.222. The van der Waals surface area contributed by atoms with Crippen LogP contribution >= 0.6 is 38.5 Å². The van der Waals surface area contributed by atoms with E-state index in [-0.39, 0.29) is 5.97 Å². The van der Waals surface area contributed by atoms with Crippen LogP contribution in [0.2, 0.25) is 0 Å². The zero-order valence-corrected chi connectivity index (χ0v) is 10.8. The van der Waals surface area contributed by atoms with Crippen molar-refractivity contribution in [2.24, 2.45) is 0 Å². The maximum Gasteiger partial charge on any atom is 0.302 e. The molecule has 13 heavy (non-hydrogen) atoms. The predicted octanol–water partition coefficient (Wildman–Crippen LogP) is 3.12. The van der Waals surface area contributed by atoms with Crippen molar-refractivity contribution in [2.45, 2.75) is 13.5 Å². The molecular formula is C9H8BrIO2. The second-order valence-electron chi connectivity index (χ2n) is 2.48. The van der Waals surface area contributed by atoms with E-state index < -0.39 is 0 Å². The number of halogens is 2. The Morgan fingerprint density at radius 2 is 2.31 bits per heavy atom. The van der Waals surface area contributed by atoms with E-state index in [1.165, 1.54) is 6.92 Å². The molecule has 0 N–H and O–H groups in total. The van der Waals surface area contributed by atoms with Crippen LogP contribution in [0.1, 0.15) is 12.5 Å². The van der Waals surface area contributed by atoms with E-state index in [9.17, 15) is 4.79 Å². The average Bonchev–Trinajstić information content (AvgIpc) is 2.03. The molecule has 0 bridgehead atoms. The monoisotopic (exact) mass is 354 g/mol. The second kappa shape index (κ2) is 4.95. The van der Waals surface area contributed by atoms with Gasteiger partial charge in [0.15, 0.2) is 0 Å². The predicted molar refractivity (Wildman–Crippen MR) is 62.3 cm³/mol. The summed E-state index contributed by atoms with van der Waals surface area (Å²) in [5, 5.41) is 0. The molecule has 0 saturated heterocycles. The highest BCUT2D eigenvalue weighted by atomic mass is 127. The summed E-state index contributed by atoms with van der Waals surface area (Å²) >= 11 is 5.61. The zero-order chi connectivity index (χ0) is 9.84. The number of ether oxygens (including phenoxy) is 1. The number of esters is 1. The van der Waals surface area contributed by atoms with Gasteiger partial charge in [-0.05, 0) is 34.7 Å². The van der Waals surface area contributed by atoms with Gasteiger partial charge in [0.25, 0.3) is 0 Å². The summed E-state index contributed by atoms with van der Waals surface area (Å²) in [7, 11) is 0. The first kappa shape index (κ1) is 11.0. The minimum atomic E-state index is -0.258. The quantitative estimate of drug-likeness (QED) is 0.602. The van der Waals surface area contributed by atoms with Gasteiger partial charge in [-0.1, -0.05) is 22.0 Å². The van der Waals surface area contributed by atoms with Crippen LogP contribution in [0.3, 0.4) is 0 Å². The fourth-order valence-corrected chi connectivity index (χ4v) is 2.35. The first-order chi connectivity index (χ1) is 6.11. The SMILES string of the molecule is CC(=O)OCc1c(Br)cccc1I. The summed E-state index contributed by atoms with van der Waals surface area (Å²) in [6.45, 7) is 1.73. The molecular weight excluding hydrogens is 347 g/mol. The van der Waals surface area contributed by atoms with Crippen molar-refractivity contribution < 1.29 is 9.53 Å². The molecule has 0 spiro atoms. The van der Waals surface area contributed by atoms with Crippen molar-refractivity contribution in [1.29, 1.82) is 0 Å². The van der Waals surface area contributed by atoms with Gasteiger partial charge in [0, 0.05) is 20.5 Å². The molecule has 1 aromatic carbocycles. The third-order valence-corrected chi connectivity index (χ3v) is 3.24. The smallest absolute Gasteiger partial charge is 0.302 e. The lowest BCUT2D eigenvalue weighted by Crippen LogP contribution is -2.01. The molecule has 1 rings (SSSR count). The summed E-state index contributed by atoms with van der Waals surface area (Å²) in [5.41, 5.74) is 1.01. The van der Waals surface area contributed by atoms with Crippen molar-refractivity contribution in [3.8, 4) is 0 Å². The summed E-state index contributed by atoms with van der Waals surface area (Å²) in [6, 6.07) is 5.86. The molecule has 0 fully saturated rings. The molecule has 0 aliphatic carbocycles. The Balaban J connectivity index is 2.81. The van der Waals surface area contributed by atoms with E-state index in [1.807, 2.05) is 18.2 Å². The van der Waals surface area contributed by atoms with Crippen LogP contribution < -0.4 is 0 Å². The molecule has 70 valence electrons. The highest BCUT2D eigenvalue weighted by molar-refractivity contribution is 14.1. The van der Waals surface area contributed by atoms with Gasteiger partial charge in [0.05, 0.1) is 0 Å². The molecule has 0 atom stereocenters. The topological polar surface area (TPSA) is 26.3 Å². The van der Waals surface area contributed by atoms with Crippen molar-refractivity contribution in [3.63, 3.8) is 0 Å². The minimum Gasteiger partial charge on any atom is -0.461 e. The van der Waals surface area contributed by atoms with Gasteiger partial charge in [0.2, 0.25) is 0 Å². The van der Waals surface area contributed by atoms with Crippen LogP contribution in [0, 0.1) is 3.57 Å². The molecule has 0 radical (unpaired) electrons. The summed E-state index contributed by atoms with van der Waals surface area (Å²) in [4.78, 5) is 10.6.